The molecule has 1 amide bonds. The van der Waals surface area contributed by atoms with Crippen LogP contribution in [0.25, 0.3) is 0 Å². The molecule has 3 N–H and O–H groups in total. The van der Waals surface area contributed by atoms with Crippen molar-refractivity contribution < 1.29 is 4.79 Å². The van der Waals surface area contributed by atoms with Crippen LogP contribution in [0.5, 0.6) is 0 Å². The van der Waals surface area contributed by atoms with Gasteiger partial charge in [0.1, 0.15) is 5.82 Å². The third kappa shape index (κ3) is 2.74. The molecule has 21 heavy (non-hydrogen) atoms. The number of rotatable bonds is 3. The van der Waals surface area contributed by atoms with Crippen molar-refractivity contribution in [2.75, 3.05) is 29.9 Å². The standard InChI is InChI=1S/C15H19N5O/c1-10(14-12(16)9-18-15(14)21)19-11-4-5-13(17-8-11)20-6-2-3-7-20/h4-5,8,16,19H,2-3,6-7,9H2,1H3,(H,18,21)/b14-10+,16-12?. The number of allylic oxidation sites excluding steroid dienone is 1. The van der Waals surface area contributed by atoms with Crippen molar-refractivity contribution >= 4 is 23.1 Å². The SMILES string of the molecule is C/C(Nc1ccc(N2CCCC2)nc1)=C1/C(=N)CNC1=O. The summed E-state index contributed by atoms with van der Waals surface area (Å²) in [5.41, 5.74) is 2.27. The molecule has 110 valence electrons. The average molecular weight is 285 g/mol. The van der Waals surface area contributed by atoms with Gasteiger partial charge in [-0.3, -0.25) is 4.79 Å². The summed E-state index contributed by atoms with van der Waals surface area (Å²) >= 11 is 0. The lowest BCUT2D eigenvalue weighted by Gasteiger charge is -2.16. The van der Waals surface area contributed by atoms with Crippen molar-refractivity contribution in [2.45, 2.75) is 19.8 Å². The molecule has 0 saturated carbocycles. The van der Waals surface area contributed by atoms with E-state index in [4.69, 9.17) is 5.41 Å². The summed E-state index contributed by atoms with van der Waals surface area (Å²) in [5.74, 6) is 0.807. The molecule has 2 fully saturated rings. The van der Waals surface area contributed by atoms with Crippen molar-refractivity contribution in [3.05, 3.63) is 29.6 Å². The molecular weight excluding hydrogens is 266 g/mol. The fourth-order valence-electron chi connectivity index (χ4n) is 2.75. The summed E-state index contributed by atoms with van der Waals surface area (Å²) in [6.45, 7) is 4.25. The van der Waals surface area contributed by atoms with Gasteiger partial charge in [0.15, 0.2) is 0 Å². The minimum atomic E-state index is -0.188. The van der Waals surface area contributed by atoms with E-state index in [0.29, 0.717) is 23.5 Å². The van der Waals surface area contributed by atoms with E-state index in [1.807, 2.05) is 19.1 Å². The van der Waals surface area contributed by atoms with Gasteiger partial charge in [0.05, 0.1) is 29.7 Å². The second-order valence-corrected chi connectivity index (χ2v) is 5.39. The number of carbonyl (C=O) groups excluding carboxylic acids is 1. The summed E-state index contributed by atoms with van der Waals surface area (Å²) in [5, 5.41) is 13.6. The van der Waals surface area contributed by atoms with Crippen LogP contribution in [-0.2, 0) is 4.79 Å². The van der Waals surface area contributed by atoms with Gasteiger partial charge >= 0.3 is 0 Å². The highest BCUT2D eigenvalue weighted by molar-refractivity contribution is 6.26. The lowest BCUT2D eigenvalue weighted by Crippen LogP contribution is -2.18. The molecule has 3 rings (SSSR count). The molecule has 3 heterocycles. The molecule has 2 saturated heterocycles. The van der Waals surface area contributed by atoms with Crippen LogP contribution >= 0.6 is 0 Å². The fraction of sp³-hybridized carbons (Fsp3) is 0.400. The first kappa shape index (κ1) is 13.6. The van der Waals surface area contributed by atoms with Gasteiger partial charge < -0.3 is 20.9 Å². The van der Waals surface area contributed by atoms with E-state index in [1.54, 1.807) is 6.20 Å². The van der Waals surface area contributed by atoms with Gasteiger partial charge in [0.25, 0.3) is 5.91 Å². The van der Waals surface area contributed by atoms with E-state index in [2.05, 4.69) is 20.5 Å². The molecule has 0 bridgehead atoms. The molecule has 0 unspecified atom stereocenters. The van der Waals surface area contributed by atoms with Gasteiger partial charge in [0, 0.05) is 18.8 Å². The van der Waals surface area contributed by atoms with E-state index >= 15 is 0 Å². The van der Waals surface area contributed by atoms with Crippen LogP contribution in [0.4, 0.5) is 11.5 Å². The van der Waals surface area contributed by atoms with Crippen molar-refractivity contribution in [1.29, 1.82) is 5.41 Å². The first-order valence-corrected chi connectivity index (χ1v) is 7.20. The Kier molecular flexibility index (Phi) is 3.60. The number of amides is 1. The minimum absolute atomic E-state index is 0.188. The van der Waals surface area contributed by atoms with Crippen LogP contribution in [0.3, 0.4) is 0 Å². The number of hydrogen-bond donors (Lipinski definition) is 3. The zero-order valence-corrected chi connectivity index (χ0v) is 12.1. The summed E-state index contributed by atoms with van der Waals surface area (Å²) in [4.78, 5) is 18.4. The van der Waals surface area contributed by atoms with Crippen LogP contribution in [0.1, 0.15) is 19.8 Å². The van der Waals surface area contributed by atoms with E-state index < -0.39 is 0 Å². The van der Waals surface area contributed by atoms with Gasteiger partial charge in [-0.25, -0.2) is 4.98 Å². The molecule has 0 atom stereocenters. The Morgan fingerprint density at radius 3 is 2.71 bits per heavy atom. The largest absolute Gasteiger partial charge is 0.357 e. The number of nitrogens with zero attached hydrogens (tertiary/aromatic N) is 2. The number of nitrogens with one attached hydrogen (secondary N) is 3. The lowest BCUT2D eigenvalue weighted by molar-refractivity contribution is -0.116. The van der Waals surface area contributed by atoms with Crippen LogP contribution in [-0.4, -0.2) is 36.2 Å². The van der Waals surface area contributed by atoms with E-state index in [0.717, 1.165) is 24.6 Å². The Morgan fingerprint density at radius 2 is 2.14 bits per heavy atom. The average Bonchev–Trinajstić information content (AvgIpc) is 3.10. The maximum Gasteiger partial charge on any atom is 0.255 e. The van der Waals surface area contributed by atoms with Gasteiger partial charge in [-0.05, 0) is 31.9 Å². The molecule has 0 spiro atoms. The number of carbonyl (C=O) groups is 1. The van der Waals surface area contributed by atoms with Crippen molar-refractivity contribution in [3.8, 4) is 0 Å². The molecule has 1 aromatic heterocycles. The number of hydrogen-bond acceptors (Lipinski definition) is 5. The molecule has 0 radical (unpaired) electrons. The van der Waals surface area contributed by atoms with Crippen molar-refractivity contribution in [2.24, 2.45) is 0 Å². The Bertz CT molecular complexity index is 581. The maximum absolute atomic E-state index is 11.7. The Labute approximate surface area is 123 Å². The Hall–Kier alpha value is -2.37. The fourth-order valence-corrected chi connectivity index (χ4v) is 2.75. The quantitative estimate of drug-likeness (QED) is 0.735. The van der Waals surface area contributed by atoms with Crippen LogP contribution in [0.2, 0.25) is 0 Å². The predicted octanol–water partition coefficient (Wildman–Crippen LogP) is 1.52. The smallest absolute Gasteiger partial charge is 0.255 e. The highest BCUT2D eigenvalue weighted by Crippen LogP contribution is 2.20. The second kappa shape index (κ2) is 5.55. The third-order valence-corrected chi connectivity index (χ3v) is 3.84. The molecule has 2 aliphatic rings. The first-order valence-electron chi connectivity index (χ1n) is 7.20. The summed E-state index contributed by atoms with van der Waals surface area (Å²) < 4.78 is 0. The van der Waals surface area contributed by atoms with Crippen molar-refractivity contribution in [1.82, 2.24) is 10.3 Å². The van der Waals surface area contributed by atoms with Crippen LogP contribution in [0.15, 0.2) is 29.6 Å². The highest BCUT2D eigenvalue weighted by atomic mass is 16.2. The van der Waals surface area contributed by atoms with Gasteiger partial charge in [0.2, 0.25) is 0 Å². The monoisotopic (exact) mass is 285 g/mol. The van der Waals surface area contributed by atoms with Crippen LogP contribution in [0, 0.1) is 5.41 Å². The molecule has 6 nitrogen and oxygen atoms in total. The molecule has 1 aromatic rings. The predicted molar refractivity (Wildman–Crippen MR) is 82.7 cm³/mol. The Morgan fingerprint density at radius 1 is 1.38 bits per heavy atom. The topological polar surface area (TPSA) is 81.1 Å². The minimum Gasteiger partial charge on any atom is -0.357 e. The van der Waals surface area contributed by atoms with Gasteiger partial charge in [-0.15, -0.1) is 0 Å². The highest BCUT2D eigenvalue weighted by Gasteiger charge is 2.24. The summed E-state index contributed by atoms with van der Waals surface area (Å²) in [6, 6.07) is 3.95. The summed E-state index contributed by atoms with van der Waals surface area (Å²) in [7, 11) is 0. The number of aromatic nitrogens is 1. The molecule has 0 aliphatic carbocycles. The zero-order chi connectivity index (χ0) is 14.8. The zero-order valence-electron chi connectivity index (χ0n) is 12.1. The molecule has 0 aromatic carbocycles. The lowest BCUT2D eigenvalue weighted by atomic mass is 10.1. The Balaban J connectivity index is 1.74. The third-order valence-electron chi connectivity index (χ3n) is 3.84. The molecule has 6 heteroatoms. The molecule has 2 aliphatic heterocycles. The molecular formula is C15H19N5O. The second-order valence-electron chi connectivity index (χ2n) is 5.39. The van der Waals surface area contributed by atoms with E-state index in [9.17, 15) is 4.79 Å². The summed E-state index contributed by atoms with van der Waals surface area (Å²) in [6.07, 6.45) is 4.22. The van der Waals surface area contributed by atoms with Gasteiger partial charge in [-0.2, -0.15) is 0 Å². The van der Waals surface area contributed by atoms with Gasteiger partial charge in [-0.1, -0.05) is 0 Å². The first-order chi connectivity index (χ1) is 10.1. The van der Waals surface area contributed by atoms with E-state index in [-0.39, 0.29) is 5.91 Å². The number of anilines is 2. The van der Waals surface area contributed by atoms with Crippen molar-refractivity contribution in [3.63, 3.8) is 0 Å². The number of pyridine rings is 1. The van der Waals surface area contributed by atoms with E-state index in [1.165, 1.54) is 12.8 Å². The normalized spacial score (nSPS) is 20.7. The maximum atomic E-state index is 11.7. The van der Waals surface area contributed by atoms with Crippen LogP contribution < -0.4 is 15.5 Å².